The number of aryl methyl sites for hydroxylation is 1. The summed E-state index contributed by atoms with van der Waals surface area (Å²) in [4.78, 5) is 0. The third-order valence-corrected chi connectivity index (χ3v) is 4.51. The van der Waals surface area contributed by atoms with E-state index < -0.39 is 10.1 Å². The lowest BCUT2D eigenvalue weighted by Crippen LogP contribution is -2.20. The molecule has 0 heterocycles. The Morgan fingerprint density at radius 1 is 1.04 bits per heavy atom. The molecule has 1 atom stereocenters. The maximum absolute atomic E-state index is 11.1. The number of hydrogen-bond donors (Lipinski definition) is 1. The number of aliphatic hydroxyl groups is 1. The van der Waals surface area contributed by atoms with E-state index in [1.54, 1.807) is 12.1 Å². The Bertz CT molecular complexity index is 817. The molecule has 0 radical (unpaired) electrons. The van der Waals surface area contributed by atoms with Crippen LogP contribution in [0.15, 0.2) is 48.5 Å². The third kappa shape index (κ3) is 8.29. The summed E-state index contributed by atoms with van der Waals surface area (Å²) in [7, 11) is -3.50. The first-order valence-corrected chi connectivity index (χ1v) is 11.1. The van der Waals surface area contributed by atoms with Crippen LogP contribution in [0.4, 0.5) is 0 Å². The van der Waals surface area contributed by atoms with Gasteiger partial charge < -0.3 is 18.8 Å². The molecule has 6 nitrogen and oxygen atoms in total. The largest absolute Gasteiger partial charge is 0.494 e. The standard InChI is InChI=1S/C21H28O6S/c1-3-25-21(16-22)15-18-6-4-8-20(14-18)26-13-5-7-17-9-11-19(12-10-17)27-28(2,23)24/h4,6,8-12,14,21-22H,3,5,7,13,15-16H2,1-2H3. The number of rotatable bonds is 12. The summed E-state index contributed by atoms with van der Waals surface area (Å²) in [5.41, 5.74) is 2.15. The summed E-state index contributed by atoms with van der Waals surface area (Å²) in [5.74, 6) is 1.11. The summed E-state index contributed by atoms with van der Waals surface area (Å²) in [6.45, 7) is 3.05. The van der Waals surface area contributed by atoms with Crippen molar-refractivity contribution in [2.24, 2.45) is 0 Å². The van der Waals surface area contributed by atoms with Crippen molar-refractivity contribution < 1.29 is 27.2 Å². The molecule has 2 aromatic rings. The molecule has 1 unspecified atom stereocenters. The fourth-order valence-electron chi connectivity index (χ4n) is 2.79. The van der Waals surface area contributed by atoms with E-state index in [9.17, 15) is 13.5 Å². The predicted molar refractivity (Wildman–Crippen MR) is 108 cm³/mol. The zero-order valence-electron chi connectivity index (χ0n) is 16.3. The van der Waals surface area contributed by atoms with Gasteiger partial charge in [0.2, 0.25) is 0 Å². The SMILES string of the molecule is CCOC(CO)Cc1cccc(OCCCc2ccc(OS(C)(=O)=O)cc2)c1. The number of aliphatic hydroxyl groups excluding tert-OH is 1. The van der Waals surface area contributed by atoms with E-state index in [0.29, 0.717) is 25.4 Å². The Morgan fingerprint density at radius 2 is 1.79 bits per heavy atom. The highest BCUT2D eigenvalue weighted by atomic mass is 32.2. The number of hydrogen-bond acceptors (Lipinski definition) is 6. The van der Waals surface area contributed by atoms with Crippen LogP contribution in [0.1, 0.15) is 24.5 Å². The summed E-state index contributed by atoms with van der Waals surface area (Å²) in [6.07, 6.45) is 3.11. The molecule has 0 amide bonds. The van der Waals surface area contributed by atoms with Crippen LogP contribution in [0.5, 0.6) is 11.5 Å². The van der Waals surface area contributed by atoms with Crippen LogP contribution in [-0.2, 0) is 27.7 Å². The lowest BCUT2D eigenvalue weighted by molar-refractivity contribution is 0.0206. The smallest absolute Gasteiger partial charge is 0.306 e. The second-order valence-corrected chi connectivity index (χ2v) is 8.07. The third-order valence-electron chi connectivity index (χ3n) is 4.02. The minimum atomic E-state index is -3.50. The second kappa shape index (κ2) is 11.0. The first-order valence-electron chi connectivity index (χ1n) is 9.32. The maximum Gasteiger partial charge on any atom is 0.306 e. The topological polar surface area (TPSA) is 82.1 Å². The predicted octanol–water partition coefficient (Wildman–Crippen LogP) is 2.98. The molecule has 1 N–H and O–H groups in total. The van der Waals surface area contributed by atoms with Crippen LogP contribution in [0, 0.1) is 0 Å². The molecular weight excluding hydrogens is 380 g/mol. The zero-order valence-corrected chi connectivity index (χ0v) is 17.2. The average Bonchev–Trinajstić information content (AvgIpc) is 2.65. The van der Waals surface area contributed by atoms with Crippen LogP contribution in [0.2, 0.25) is 0 Å². The van der Waals surface area contributed by atoms with E-state index in [-0.39, 0.29) is 12.7 Å². The van der Waals surface area contributed by atoms with Gasteiger partial charge in [0, 0.05) is 13.0 Å². The molecule has 2 aromatic carbocycles. The van der Waals surface area contributed by atoms with Gasteiger partial charge >= 0.3 is 10.1 Å². The van der Waals surface area contributed by atoms with Crippen LogP contribution >= 0.6 is 0 Å². The van der Waals surface area contributed by atoms with Crippen molar-refractivity contribution in [2.75, 3.05) is 26.1 Å². The maximum atomic E-state index is 11.1. The minimum absolute atomic E-state index is 0.00700. The molecule has 0 aliphatic rings. The van der Waals surface area contributed by atoms with E-state index in [0.717, 1.165) is 36.0 Å². The molecule has 0 saturated carbocycles. The van der Waals surface area contributed by atoms with E-state index in [2.05, 4.69) is 0 Å². The molecule has 2 rings (SSSR count). The Morgan fingerprint density at radius 3 is 2.43 bits per heavy atom. The Labute approximate surface area is 167 Å². The minimum Gasteiger partial charge on any atom is -0.494 e. The Kier molecular flexibility index (Phi) is 8.76. The van der Waals surface area contributed by atoms with Crippen molar-refractivity contribution >= 4 is 10.1 Å². The lowest BCUT2D eigenvalue weighted by atomic mass is 10.1. The Balaban J connectivity index is 1.78. The molecule has 0 spiro atoms. The molecule has 0 fully saturated rings. The van der Waals surface area contributed by atoms with E-state index in [4.69, 9.17) is 13.7 Å². The van der Waals surface area contributed by atoms with Crippen molar-refractivity contribution in [3.8, 4) is 11.5 Å². The molecule has 154 valence electrons. The molecule has 7 heteroatoms. The van der Waals surface area contributed by atoms with Crippen LogP contribution in [0.3, 0.4) is 0 Å². The van der Waals surface area contributed by atoms with Crippen molar-refractivity contribution in [1.82, 2.24) is 0 Å². The summed E-state index contributed by atoms with van der Waals surface area (Å²) in [6, 6.07) is 14.8. The fourth-order valence-corrected chi connectivity index (χ4v) is 3.25. The van der Waals surface area contributed by atoms with Gasteiger partial charge in [-0.2, -0.15) is 8.42 Å². The quantitative estimate of drug-likeness (QED) is 0.429. The summed E-state index contributed by atoms with van der Waals surface area (Å²) in [5, 5.41) is 9.35. The van der Waals surface area contributed by atoms with Crippen molar-refractivity contribution in [3.05, 3.63) is 59.7 Å². The second-order valence-electron chi connectivity index (χ2n) is 6.49. The van der Waals surface area contributed by atoms with Crippen LogP contribution in [0.25, 0.3) is 0 Å². The molecule has 28 heavy (non-hydrogen) atoms. The van der Waals surface area contributed by atoms with Gasteiger partial charge in [-0.25, -0.2) is 0 Å². The van der Waals surface area contributed by atoms with Gasteiger partial charge in [-0.3, -0.25) is 0 Å². The van der Waals surface area contributed by atoms with Crippen LogP contribution < -0.4 is 8.92 Å². The van der Waals surface area contributed by atoms with E-state index in [1.165, 1.54) is 0 Å². The summed E-state index contributed by atoms with van der Waals surface area (Å²) >= 11 is 0. The first-order chi connectivity index (χ1) is 13.4. The van der Waals surface area contributed by atoms with Gasteiger partial charge in [0.25, 0.3) is 0 Å². The van der Waals surface area contributed by atoms with Gasteiger partial charge in [-0.05, 0) is 55.2 Å². The molecule has 0 aliphatic carbocycles. The first kappa shape index (κ1) is 22.2. The fraction of sp³-hybridized carbons (Fsp3) is 0.429. The molecule has 0 aliphatic heterocycles. The highest BCUT2D eigenvalue weighted by Crippen LogP contribution is 2.17. The normalized spacial score (nSPS) is 12.5. The van der Waals surface area contributed by atoms with Gasteiger partial charge in [0.1, 0.15) is 11.5 Å². The molecule has 0 saturated heterocycles. The van der Waals surface area contributed by atoms with E-state index in [1.807, 2.05) is 43.3 Å². The van der Waals surface area contributed by atoms with Gasteiger partial charge in [-0.1, -0.05) is 24.3 Å². The van der Waals surface area contributed by atoms with Crippen molar-refractivity contribution in [3.63, 3.8) is 0 Å². The highest BCUT2D eigenvalue weighted by molar-refractivity contribution is 7.86. The molecule has 0 bridgehead atoms. The zero-order chi connectivity index (χ0) is 20.4. The molecular formula is C21H28O6S. The lowest BCUT2D eigenvalue weighted by Gasteiger charge is -2.15. The number of benzene rings is 2. The molecule has 0 aromatic heterocycles. The van der Waals surface area contributed by atoms with Gasteiger partial charge in [0.15, 0.2) is 0 Å². The van der Waals surface area contributed by atoms with Crippen LogP contribution in [-0.4, -0.2) is 45.7 Å². The summed E-state index contributed by atoms with van der Waals surface area (Å²) < 4.78 is 38.3. The Hall–Kier alpha value is -2.09. The highest BCUT2D eigenvalue weighted by Gasteiger charge is 2.09. The van der Waals surface area contributed by atoms with Gasteiger partial charge in [0.05, 0.1) is 25.6 Å². The van der Waals surface area contributed by atoms with Crippen molar-refractivity contribution in [2.45, 2.75) is 32.3 Å². The van der Waals surface area contributed by atoms with Gasteiger partial charge in [-0.15, -0.1) is 0 Å². The monoisotopic (exact) mass is 408 g/mol. The van der Waals surface area contributed by atoms with Crippen molar-refractivity contribution in [1.29, 1.82) is 0 Å². The average molecular weight is 409 g/mol. The number of ether oxygens (including phenoxy) is 2. The van der Waals surface area contributed by atoms with E-state index >= 15 is 0 Å².